The Kier molecular flexibility index (Phi) is 4.26. The second kappa shape index (κ2) is 5.50. The molecule has 0 bridgehead atoms. The summed E-state index contributed by atoms with van der Waals surface area (Å²) >= 11 is 0. The number of nitrogens with zero attached hydrogens (tertiary/aromatic N) is 1. The van der Waals surface area contributed by atoms with Gasteiger partial charge in [-0.2, -0.15) is 0 Å². The van der Waals surface area contributed by atoms with Gasteiger partial charge in [0.05, 0.1) is 5.60 Å². The summed E-state index contributed by atoms with van der Waals surface area (Å²) in [4.78, 5) is 2.54. The summed E-state index contributed by atoms with van der Waals surface area (Å²) in [6.07, 6.45) is 11.2. The molecule has 2 rings (SSSR count). The molecule has 1 heterocycles. The van der Waals surface area contributed by atoms with Crippen LogP contribution in [-0.2, 0) is 0 Å². The molecule has 0 radical (unpaired) electrons. The van der Waals surface area contributed by atoms with Crippen molar-refractivity contribution in [3.05, 3.63) is 0 Å². The second-order valence-corrected chi connectivity index (χ2v) is 5.95. The van der Waals surface area contributed by atoms with Crippen LogP contribution in [0, 0.1) is 0 Å². The Bertz CT molecular complexity index is 211. The quantitative estimate of drug-likeness (QED) is 0.781. The molecule has 1 atom stereocenters. The van der Waals surface area contributed by atoms with Crippen LogP contribution in [-0.4, -0.2) is 34.7 Å². The molecule has 0 amide bonds. The molecule has 1 N–H and O–H groups in total. The molecule has 1 saturated heterocycles. The van der Waals surface area contributed by atoms with Gasteiger partial charge >= 0.3 is 0 Å². The molecular weight excluding hydrogens is 198 g/mol. The summed E-state index contributed by atoms with van der Waals surface area (Å²) in [6.45, 7) is 4.45. The third kappa shape index (κ3) is 3.21. The van der Waals surface area contributed by atoms with Gasteiger partial charge in [-0.1, -0.05) is 32.1 Å². The van der Waals surface area contributed by atoms with Crippen molar-refractivity contribution < 1.29 is 5.11 Å². The van der Waals surface area contributed by atoms with E-state index >= 15 is 0 Å². The number of aliphatic hydroxyl groups is 1. The molecule has 0 spiro atoms. The number of likely N-dealkylation sites (tertiary alicyclic amines) is 1. The van der Waals surface area contributed by atoms with Crippen LogP contribution in [0.25, 0.3) is 0 Å². The lowest BCUT2D eigenvalue weighted by molar-refractivity contribution is -0.0337. The van der Waals surface area contributed by atoms with Gasteiger partial charge in [0.2, 0.25) is 0 Å². The zero-order chi connectivity index (χ0) is 11.4. The molecule has 1 aliphatic heterocycles. The molecule has 0 aromatic carbocycles. The van der Waals surface area contributed by atoms with Gasteiger partial charge in [-0.3, -0.25) is 4.90 Å². The fraction of sp³-hybridized carbons (Fsp3) is 1.00. The fourth-order valence-electron chi connectivity index (χ4n) is 3.32. The van der Waals surface area contributed by atoms with E-state index in [4.69, 9.17) is 0 Å². The number of hydrogen-bond donors (Lipinski definition) is 1. The zero-order valence-electron chi connectivity index (χ0n) is 10.7. The van der Waals surface area contributed by atoms with Crippen LogP contribution in [0.1, 0.15) is 64.7 Å². The van der Waals surface area contributed by atoms with Crippen molar-refractivity contribution in [3.63, 3.8) is 0 Å². The molecule has 1 saturated carbocycles. The van der Waals surface area contributed by atoms with Gasteiger partial charge in [-0.25, -0.2) is 0 Å². The van der Waals surface area contributed by atoms with Crippen molar-refractivity contribution in [3.8, 4) is 0 Å². The summed E-state index contributed by atoms with van der Waals surface area (Å²) in [6, 6.07) is 0.674. The van der Waals surface area contributed by atoms with Crippen molar-refractivity contribution in [2.24, 2.45) is 0 Å². The Labute approximate surface area is 100 Å². The van der Waals surface area contributed by atoms with Crippen molar-refractivity contribution in [2.45, 2.75) is 76.4 Å². The number of hydrogen-bond acceptors (Lipinski definition) is 2. The van der Waals surface area contributed by atoms with E-state index in [1.165, 1.54) is 51.5 Å². The lowest BCUT2D eigenvalue weighted by Gasteiger charge is -2.39. The topological polar surface area (TPSA) is 23.5 Å². The van der Waals surface area contributed by atoms with Crippen LogP contribution in [0.2, 0.25) is 0 Å². The molecule has 1 unspecified atom stereocenters. The zero-order valence-corrected chi connectivity index (χ0v) is 10.7. The lowest BCUT2D eigenvalue weighted by atomic mass is 9.84. The van der Waals surface area contributed by atoms with E-state index in [-0.39, 0.29) is 5.60 Å². The van der Waals surface area contributed by atoms with Gasteiger partial charge in [0, 0.05) is 12.6 Å². The summed E-state index contributed by atoms with van der Waals surface area (Å²) in [5, 5.41) is 10.6. The van der Waals surface area contributed by atoms with Gasteiger partial charge in [-0.05, 0) is 39.2 Å². The molecular formula is C14H27NO. The Hall–Kier alpha value is -0.0800. The van der Waals surface area contributed by atoms with E-state index < -0.39 is 0 Å². The summed E-state index contributed by atoms with van der Waals surface area (Å²) in [5.41, 5.74) is -0.364. The maximum atomic E-state index is 10.6. The molecule has 2 nitrogen and oxygen atoms in total. The van der Waals surface area contributed by atoms with E-state index in [0.717, 1.165) is 19.4 Å². The third-order valence-electron chi connectivity index (χ3n) is 4.47. The Morgan fingerprint density at radius 3 is 2.50 bits per heavy atom. The summed E-state index contributed by atoms with van der Waals surface area (Å²) in [7, 11) is 0. The highest BCUT2D eigenvalue weighted by Crippen LogP contribution is 2.30. The van der Waals surface area contributed by atoms with Gasteiger partial charge in [0.15, 0.2) is 0 Å². The predicted molar refractivity (Wildman–Crippen MR) is 67.5 cm³/mol. The second-order valence-electron chi connectivity index (χ2n) is 5.95. The molecule has 0 aromatic heterocycles. The van der Waals surface area contributed by atoms with E-state index in [0.29, 0.717) is 6.04 Å². The standard InChI is InChI=1S/C14H27NO/c1-13-8-4-2-7-11-15(13)12-14(16)9-5-3-6-10-14/h13,16H,2-12H2,1H3. The van der Waals surface area contributed by atoms with Crippen molar-refractivity contribution >= 4 is 0 Å². The average molecular weight is 225 g/mol. The SMILES string of the molecule is CC1CCCCCN1CC1(O)CCCCC1. The van der Waals surface area contributed by atoms with Crippen LogP contribution in [0.15, 0.2) is 0 Å². The monoisotopic (exact) mass is 225 g/mol. The average Bonchev–Trinajstić information content (AvgIpc) is 2.45. The highest BCUT2D eigenvalue weighted by molar-refractivity contribution is 4.87. The maximum absolute atomic E-state index is 10.6. The van der Waals surface area contributed by atoms with Crippen LogP contribution in [0.4, 0.5) is 0 Å². The minimum absolute atomic E-state index is 0.364. The van der Waals surface area contributed by atoms with Gasteiger partial charge in [0.25, 0.3) is 0 Å². The van der Waals surface area contributed by atoms with Gasteiger partial charge < -0.3 is 5.11 Å². The van der Waals surface area contributed by atoms with E-state index in [2.05, 4.69) is 11.8 Å². The fourth-order valence-corrected chi connectivity index (χ4v) is 3.32. The van der Waals surface area contributed by atoms with Crippen molar-refractivity contribution in [1.29, 1.82) is 0 Å². The number of rotatable bonds is 2. The van der Waals surface area contributed by atoms with Gasteiger partial charge in [0.1, 0.15) is 0 Å². The smallest absolute Gasteiger partial charge is 0.0774 e. The summed E-state index contributed by atoms with van der Waals surface area (Å²) in [5.74, 6) is 0. The maximum Gasteiger partial charge on any atom is 0.0774 e. The first kappa shape index (κ1) is 12.4. The van der Waals surface area contributed by atoms with Crippen molar-refractivity contribution in [1.82, 2.24) is 4.90 Å². The van der Waals surface area contributed by atoms with E-state index in [9.17, 15) is 5.11 Å². The van der Waals surface area contributed by atoms with Crippen molar-refractivity contribution in [2.75, 3.05) is 13.1 Å². The minimum atomic E-state index is -0.364. The largest absolute Gasteiger partial charge is 0.389 e. The van der Waals surface area contributed by atoms with Crippen LogP contribution in [0.5, 0.6) is 0 Å². The summed E-state index contributed by atoms with van der Waals surface area (Å²) < 4.78 is 0. The van der Waals surface area contributed by atoms with Crippen LogP contribution in [0.3, 0.4) is 0 Å². The van der Waals surface area contributed by atoms with Crippen LogP contribution >= 0.6 is 0 Å². The Balaban J connectivity index is 1.90. The molecule has 2 fully saturated rings. The Morgan fingerprint density at radius 2 is 1.75 bits per heavy atom. The van der Waals surface area contributed by atoms with E-state index in [1.807, 2.05) is 0 Å². The first-order valence-corrected chi connectivity index (χ1v) is 7.16. The molecule has 94 valence electrons. The normalized spacial score (nSPS) is 32.2. The molecule has 2 aliphatic rings. The highest BCUT2D eigenvalue weighted by atomic mass is 16.3. The van der Waals surface area contributed by atoms with E-state index in [1.54, 1.807) is 0 Å². The third-order valence-corrected chi connectivity index (χ3v) is 4.47. The molecule has 16 heavy (non-hydrogen) atoms. The lowest BCUT2D eigenvalue weighted by Crippen LogP contribution is -2.47. The van der Waals surface area contributed by atoms with Gasteiger partial charge in [-0.15, -0.1) is 0 Å². The highest BCUT2D eigenvalue weighted by Gasteiger charge is 2.32. The molecule has 1 aliphatic carbocycles. The van der Waals surface area contributed by atoms with Crippen LogP contribution < -0.4 is 0 Å². The first-order chi connectivity index (χ1) is 7.70. The number of β-amino-alcohol motifs (C(OH)–C–C–N with tert-alkyl or cyclic N) is 1. The molecule has 2 heteroatoms. The minimum Gasteiger partial charge on any atom is -0.389 e. The first-order valence-electron chi connectivity index (χ1n) is 7.16. The molecule has 0 aromatic rings. The predicted octanol–water partition coefficient (Wildman–Crippen LogP) is 2.95. The Morgan fingerprint density at radius 1 is 1.06 bits per heavy atom.